The van der Waals surface area contributed by atoms with Crippen molar-refractivity contribution in [1.82, 2.24) is 0 Å². The van der Waals surface area contributed by atoms with E-state index in [4.69, 9.17) is 9.57 Å². The Kier molecular flexibility index (Phi) is 15.0. The van der Waals surface area contributed by atoms with E-state index in [1.165, 1.54) is 0 Å². The summed E-state index contributed by atoms with van der Waals surface area (Å²) >= 11 is 3.37. The van der Waals surface area contributed by atoms with Crippen LogP contribution in [0, 0.1) is 23.7 Å². The first-order valence-electron chi connectivity index (χ1n) is 12.5. The summed E-state index contributed by atoms with van der Waals surface area (Å²) in [5.74, 6) is 1.12. The molecule has 1 aromatic carbocycles. The summed E-state index contributed by atoms with van der Waals surface area (Å²) in [5, 5.41) is 4.37. The van der Waals surface area contributed by atoms with Crippen molar-refractivity contribution in [3.8, 4) is 0 Å². The predicted molar refractivity (Wildman–Crippen MR) is 140 cm³/mol. The Hall–Kier alpha value is -1.20. The number of halogens is 1. The topological polar surface area (TPSA) is 47.9 Å². The van der Waals surface area contributed by atoms with Crippen LogP contribution in [0.3, 0.4) is 0 Å². The first-order valence-corrected chi connectivity index (χ1v) is 13.3. The summed E-state index contributed by atoms with van der Waals surface area (Å²) in [7, 11) is 0. The maximum atomic E-state index is 12.4. The molecular formula is C27H46BrNO3. The molecule has 32 heavy (non-hydrogen) atoms. The van der Waals surface area contributed by atoms with Crippen LogP contribution in [-0.4, -0.2) is 23.9 Å². The lowest BCUT2D eigenvalue weighted by molar-refractivity contribution is -0.104. The third-order valence-electron chi connectivity index (χ3n) is 6.50. The van der Waals surface area contributed by atoms with Gasteiger partial charge in [0.25, 0.3) is 0 Å². The fraction of sp³-hybridized carbons (Fsp3) is 0.704. The molecule has 0 amide bonds. The first-order chi connectivity index (χ1) is 15.4. The largest absolute Gasteiger partial charge is 0.374 e. The number of hydrogen-bond donors (Lipinski definition) is 0. The molecule has 1 aliphatic carbocycles. The summed E-state index contributed by atoms with van der Waals surface area (Å²) in [6, 6.07) is 7.12. The van der Waals surface area contributed by atoms with Crippen molar-refractivity contribution in [2.45, 2.75) is 94.1 Å². The van der Waals surface area contributed by atoms with E-state index in [1.54, 1.807) is 12.1 Å². The third kappa shape index (κ3) is 7.69. The minimum atomic E-state index is -0.417. The maximum absolute atomic E-state index is 12.4. The highest BCUT2D eigenvalue weighted by Crippen LogP contribution is 2.50. The monoisotopic (exact) mass is 511 g/mol. The molecular weight excluding hydrogens is 466 g/mol. The molecule has 2 fully saturated rings. The van der Waals surface area contributed by atoms with Crippen molar-refractivity contribution in [2.75, 3.05) is 6.61 Å². The Labute approximate surface area is 205 Å². The average molecular weight is 513 g/mol. The maximum Gasteiger partial charge on any atom is 0.365 e. The van der Waals surface area contributed by atoms with E-state index in [1.807, 2.05) is 53.7 Å². The average Bonchev–Trinajstić information content (AvgIpc) is 3.01. The van der Waals surface area contributed by atoms with E-state index >= 15 is 0 Å². The number of carbonyl (C=O) groups excluding carboxylic acids is 1. The molecule has 1 heterocycles. The zero-order valence-corrected chi connectivity index (χ0v) is 23.6. The molecule has 2 aliphatic rings. The van der Waals surface area contributed by atoms with E-state index in [9.17, 15) is 4.79 Å². The lowest BCUT2D eigenvalue weighted by Gasteiger charge is -2.42. The Morgan fingerprint density at radius 3 is 2.28 bits per heavy atom. The van der Waals surface area contributed by atoms with Crippen LogP contribution in [0.25, 0.3) is 0 Å². The quantitative estimate of drug-likeness (QED) is 0.226. The van der Waals surface area contributed by atoms with Crippen molar-refractivity contribution in [1.29, 1.82) is 0 Å². The molecule has 0 radical (unpaired) electrons. The van der Waals surface area contributed by atoms with Crippen molar-refractivity contribution in [3.05, 3.63) is 34.3 Å². The van der Waals surface area contributed by atoms with Gasteiger partial charge in [-0.15, -0.1) is 0 Å². The normalized spacial score (nSPS) is 26.8. The van der Waals surface area contributed by atoms with Gasteiger partial charge in [0.2, 0.25) is 0 Å². The van der Waals surface area contributed by atoms with Gasteiger partial charge < -0.3 is 9.57 Å². The van der Waals surface area contributed by atoms with Crippen molar-refractivity contribution in [2.24, 2.45) is 28.8 Å². The van der Waals surface area contributed by atoms with E-state index in [2.05, 4.69) is 48.8 Å². The number of hydrogen-bond acceptors (Lipinski definition) is 4. The van der Waals surface area contributed by atoms with Crippen LogP contribution in [-0.2, 0) is 9.57 Å². The number of rotatable bonds is 5. The van der Waals surface area contributed by atoms with Gasteiger partial charge in [0.1, 0.15) is 0 Å². The Morgan fingerprint density at radius 2 is 1.75 bits per heavy atom. The molecule has 1 saturated heterocycles. The second-order valence-corrected chi connectivity index (χ2v) is 8.85. The van der Waals surface area contributed by atoms with Crippen LogP contribution in [0.15, 0.2) is 33.9 Å². The number of oxime groups is 1. The molecule has 3 rings (SSSR count). The van der Waals surface area contributed by atoms with Gasteiger partial charge >= 0.3 is 5.97 Å². The molecule has 4 nitrogen and oxygen atoms in total. The highest BCUT2D eigenvalue weighted by atomic mass is 79.9. The van der Waals surface area contributed by atoms with E-state index in [0.29, 0.717) is 24.0 Å². The van der Waals surface area contributed by atoms with Crippen molar-refractivity contribution >= 4 is 27.6 Å². The summed E-state index contributed by atoms with van der Waals surface area (Å²) in [6.45, 7) is 21.5. The standard InChI is InChI=1S/C21H28BrNO3.3C2H6/c1-5-13(2)19(18-12-25-21(4)11-10-17(18)14(21)3)23-26-20(24)15-6-8-16(22)9-7-15;3*1-2/h6-9,13-14,17-18H,5,10-12H2,1-4H3;3*1-2H3/b23-19+;;;/t13-,14-,17+,18+,21-;;;/m1.../s1. The van der Waals surface area contributed by atoms with Crippen molar-refractivity contribution in [3.63, 3.8) is 0 Å². The zero-order chi connectivity index (χ0) is 24.9. The summed E-state index contributed by atoms with van der Waals surface area (Å²) in [6.07, 6.45) is 3.21. The smallest absolute Gasteiger partial charge is 0.365 e. The van der Waals surface area contributed by atoms with Crippen LogP contribution < -0.4 is 0 Å². The van der Waals surface area contributed by atoms with Crippen LogP contribution in [0.1, 0.15) is 98.9 Å². The van der Waals surface area contributed by atoms with E-state index in [-0.39, 0.29) is 17.4 Å². The third-order valence-corrected chi connectivity index (χ3v) is 7.03. The zero-order valence-electron chi connectivity index (χ0n) is 22.0. The lowest BCUT2D eigenvalue weighted by Crippen LogP contribution is -2.46. The van der Waals surface area contributed by atoms with Crippen molar-refractivity contribution < 1.29 is 14.4 Å². The van der Waals surface area contributed by atoms with Gasteiger partial charge in [0.05, 0.1) is 23.5 Å². The minimum absolute atomic E-state index is 0.00414. The van der Waals surface area contributed by atoms with Gasteiger partial charge in [-0.1, -0.05) is 83.4 Å². The second kappa shape index (κ2) is 15.6. The molecule has 1 saturated carbocycles. The fourth-order valence-corrected chi connectivity index (χ4v) is 4.57. The predicted octanol–water partition coefficient (Wildman–Crippen LogP) is 8.54. The van der Waals surface area contributed by atoms with Gasteiger partial charge in [0, 0.05) is 10.4 Å². The van der Waals surface area contributed by atoms with Crippen LogP contribution in [0.2, 0.25) is 0 Å². The second-order valence-electron chi connectivity index (χ2n) is 7.93. The molecule has 1 aliphatic heterocycles. The molecule has 0 spiro atoms. The minimum Gasteiger partial charge on any atom is -0.374 e. The molecule has 2 bridgehead atoms. The van der Waals surface area contributed by atoms with Gasteiger partial charge in [-0.05, 0) is 68.2 Å². The SMILES string of the molecule is CC.CC.CC.CC[C@@H](C)/C(=N\OC(=O)c1ccc(Br)cc1)[C@H]1CO[C@]2(C)CC[C@H]1[C@H]2C. The number of nitrogens with zero attached hydrogens (tertiary/aromatic N) is 1. The molecule has 5 heteroatoms. The molecule has 184 valence electrons. The van der Waals surface area contributed by atoms with Crippen LogP contribution >= 0.6 is 15.9 Å². The van der Waals surface area contributed by atoms with Crippen LogP contribution in [0.4, 0.5) is 0 Å². The van der Waals surface area contributed by atoms with Crippen LogP contribution in [0.5, 0.6) is 0 Å². The molecule has 5 atom stereocenters. The van der Waals surface area contributed by atoms with E-state index < -0.39 is 5.97 Å². The molecule has 0 aromatic heterocycles. The molecule has 0 N–H and O–H groups in total. The molecule has 0 unspecified atom stereocenters. The van der Waals surface area contributed by atoms with Gasteiger partial charge in [-0.25, -0.2) is 4.79 Å². The molecule has 1 aromatic rings. The Balaban J connectivity index is 0.00000148. The number of benzene rings is 1. The Bertz CT molecular complexity index is 689. The van der Waals surface area contributed by atoms with E-state index in [0.717, 1.165) is 29.4 Å². The summed E-state index contributed by atoms with van der Waals surface area (Å²) in [4.78, 5) is 17.7. The highest BCUT2D eigenvalue weighted by molar-refractivity contribution is 9.10. The number of carbonyl (C=O) groups is 1. The fourth-order valence-electron chi connectivity index (χ4n) is 4.31. The number of ether oxygens (including phenoxy) is 1. The Morgan fingerprint density at radius 1 is 1.19 bits per heavy atom. The summed E-state index contributed by atoms with van der Waals surface area (Å²) < 4.78 is 7.16. The van der Waals surface area contributed by atoms with Gasteiger partial charge in [-0.3, -0.25) is 0 Å². The van der Waals surface area contributed by atoms with Gasteiger partial charge in [0.15, 0.2) is 0 Å². The first kappa shape index (κ1) is 30.8. The lowest BCUT2D eigenvalue weighted by atomic mass is 9.74. The van der Waals surface area contributed by atoms with Gasteiger partial charge in [-0.2, -0.15) is 0 Å². The highest BCUT2D eigenvalue weighted by Gasteiger charge is 2.52. The number of fused-ring (bicyclic) bond motifs is 2. The summed E-state index contributed by atoms with van der Waals surface area (Å²) in [5.41, 5.74) is 1.47.